The Morgan fingerprint density at radius 3 is 2.47 bits per heavy atom. The smallest absolute Gasteiger partial charge is 0.416 e. The molecule has 2 aromatic rings. The quantitative estimate of drug-likeness (QED) is 0.602. The molecule has 1 heterocycles. The van der Waals surface area contributed by atoms with E-state index in [0.29, 0.717) is 12.3 Å². The van der Waals surface area contributed by atoms with Gasteiger partial charge in [0.1, 0.15) is 5.75 Å². The van der Waals surface area contributed by atoms with Crippen molar-refractivity contribution in [3.8, 4) is 5.75 Å². The van der Waals surface area contributed by atoms with Gasteiger partial charge in [0.05, 0.1) is 12.2 Å². The fourth-order valence-corrected chi connectivity index (χ4v) is 4.46. The van der Waals surface area contributed by atoms with Crippen LogP contribution in [0.5, 0.6) is 5.75 Å². The highest BCUT2D eigenvalue weighted by molar-refractivity contribution is 5.49. The van der Waals surface area contributed by atoms with Crippen molar-refractivity contribution in [3.05, 3.63) is 59.2 Å². The monoisotopic (exact) mass is 418 g/mol. The molecule has 30 heavy (non-hydrogen) atoms. The van der Waals surface area contributed by atoms with Crippen LogP contribution < -0.4 is 9.64 Å². The summed E-state index contributed by atoms with van der Waals surface area (Å²) >= 11 is 0. The molecule has 1 aliphatic heterocycles. The minimum atomic E-state index is -4.30. The number of hydrogen-bond acceptors (Lipinski definition) is 3. The molecule has 0 N–H and O–H groups in total. The first kappa shape index (κ1) is 21.0. The van der Waals surface area contributed by atoms with Crippen molar-refractivity contribution < 1.29 is 17.9 Å². The van der Waals surface area contributed by atoms with Gasteiger partial charge >= 0.3 is 6.18 Å². The van der Waals surface area contributed by atoms with Crippen molar-refractivity contribution in [2.24, 2.45) is 0 Å². The van der Waals surface area contributed by atoms with Crippen LogP contribution >= 0.6 is 0 Å². The van der Waals surface area contributed by atoms with E-state index in [-0.39, 0.29) is 0 Å². The number of piperazine rings is 1. The third kappa shape index (κ3) is 5.09. The highest BCUT2D eigenvalue weighted by Gasteiger charge is 2.31. The van der Waals surface area contributed by atoms with E-state index in [1.165, 1.54) is 36.1 Å². The molecule has 1 saturated heterocycles. The van der Waals surface area contributed by atoms with Crippen LogP contribution in [0, 0.1) is 0 Å². The number of fused-ring (bicyclic) bond motifs is 1. The first-order valence-corrected chi connectivity index (χ1v) is 10.9. The lowest BCUT2D eigenvalue weighted by atomic mass is 9.91. The second-order valence-electron chi connectivity index (χ2n) is 8.18. The summed E-state index contributed by atoms with van der Waals surface area (Å²) in [4.78, 5) is 4.41. The summed E-state index contributed by atoms with van der Waals surface area (Å²) in [7, 11) is 0. The van der Waals surface area contributed by atoms with E-state index in [2.05, 4.69) is 23.1 Å². The zero-order chi connectivity index (χ0) is 21.0. The van der Waals surface area contributed by atoms with Crippen LogP contribution in [-0.4, -0.2) is 44.2 Å². The Morgan fingerprint density at radius 2 is 1.67 bits per heavy atom. The number of rotatable bonds is 6. The third-order valence-electron chi connectivity index (χ3n) is 6.14. The number of benzene rings is 2. The molecule has 2 aliphatic rings. The second kappa shape index (κ2) is 9.29. The van der Waals surface area contributed by atoms with Gasteiger partial charge in [0.25, 0.3) is 0 Å². The molecule has 0 radical (unpaired) electrons. The van der Waals surface area contributed by atoms with Crippen LogP contribution in [0.25, 0.3) is 0 Å². The summed E-state index contributed by atoms with van der Waals surface area (Å²) in [6, 6.07) is 12.0. The molecule has 0 unspecified atom stereocenters. The number of anilines is 1. The summed E-state index contributed by atoms with van der Waals surface area (Å²) in [5.41, 5.74) is 2.90. The van der Waals surface area contributed by atoms with Crippen LogP contribution in [-0.2, 0) is 19.0 Å². The summed E-state index contributed by atoms with van der Waals surface area (Å²) < 4.78 is 44.9. The molecule has 2 aromatic carbocycles. The fourth-order valence-electron chi connectivity index (χ4n) is 4.46. The maximum absolute atomic E-state index is 12.9. The van der Waals surface area contributed by atoms with Crippen molar-refractivity contribution in [1.82, 2.24) is 4.90 Å². The van der Waals surface area contributed by atoms with Crippen LogP contribution in [0.2, 0.25) is 0 Å². The lowest BCUT2D eigenvalue weighted by Gasteiger charge is -2.36. The lowest BCUT2D eigenvalue weighted by molar-refractivity contribution is -0.137. The van der Waals surface area contributed by atoms with Gasteiger partial charge < -0.3 is 9.64 Å². The second-order valence-corrected chi connectivity index (χ2v) is 8.18. The summed E-state index contributed by atoms with van der Waals surface area (Å²) in [6.45, 7) is 4.85. The van der Waals surface area contributed by atoms with Gasteiger partial charge in [-0.25, -0.2) is 0 Å². The molecule has 1 fully saturated rings. The van der Waals surface area contributed by atoms with Crippen LogP contribution in [0.4, 0.5) is 18.9 Å². The zero-order valence-electron chi connectivity index (χ0n) is 17.3. The van der Waals surface area contributed by atoms with E-state index in [4.69, 9.17) is 4.74 Å². The number of ether oxygens (including phenoxy) is 1. The van der Waals surface area contributed by atoms with Gasteiger partial charge in [-0.2, -0.15) is 13.2 Å². The van der Waals surface area contributed by atoms with E-state index in [9.17, 15) is 13.2 Å². The van der Waals surface area contributed by atoms with E-state index in [0.717, 1.165) is 63.8 Å². The molecule has 0 aromatic heterocycles. The predicted octanol–water partition coefficient (Wildman–Crippen LogP) is 5.18. The van der Waals surface area contributed by atoms with Crippen molar-refractivity contribution in [2.75, 3.05) is 44.2 Å². The molecule has 0 spiro atoms. The summed E-state index contributed by atoms with van der Waals surface area (Å²) in [5.74, 6) is 1.04. The Morgan fingerprint density at radius 1 is 0.900 bits per heavy atom. The van der Waals surface area contributed by atoms with Gasteiger partial charge in [-0.3, -0.25) is 4.90 Å². The first-order valence-electron chi connectivity index (χ1n) is 10.9. The average Bonchev–Trinajstić information content (AvgIpc) is 2.77. The number of halogens is 3. The molecule has 0 amide bonds. The number of alkyl halides is 3. The molecule has 3 nitrogen and oxygen atoms in total. The maximum Gasteiger partial charge on any atom is 0.416 e. The zero-order valence-corrected chi connectivity index (χ0v) is 17.3. The SMILES string of the molecule is FC(F)(F)c1cccc(N2CCN(CCCOc3cccc4c3CCCC4)CC2)c1. The van der Waals surface area contributed by atoms with Crippen LogP contribution in [0.15, 0.2) is 42.5 Å². The lowest BCUT2D eigenvalue weighted by Crippen LogP contribution is -2.46. The standard InChI is InChI=1S/C24H29F3N2O/c25-24(26,27)20-8-4-9-21(18-20)29-15-13-28(14-16-29)12-5-17-30-23-11-3-7-19-6-1-2-10-22(19)23/h3-4,7-9,11,18H,1-2,5-6,10,12-17H2. The van der Waals surface area contributed by atoms with Gasteiger partial charge in [-0.1, -0.05) is 18.2 Å². The molecular weight excluding hydrogens is 389 g/mol. The Labute approximate surface area is 176 Å². The van der Waals surface area contributed by atoms with Gasteiger partial charge in [0.15, 0.2) is 0 Å². The van der Waals surface area contributed by atoms with Crippen molar-refractivity contribution in [2.45, 2.75) is 38.3 Å². The van der Waals surface area contributed by atoms with Gasteiger partial charge in [0.2, 0.25) is 0 Å². The first-order chi connectivity index (χ1) is 14.5. The number of nitrogens with zero attached hydrogens (tertiary/aromatic N) is 2. The molecule has 0 atom stereocenters. The van der Waals surface area contributed by atoms with E-state index in [1.54, 1.807) is 6.07 Å². The fraction of sp³-hybridized carbons (Fsp3) is 0.500. The van der Waals surface area contributed by atoms with Crippen LogP contribution in [0.3, 0.4) is 0 Å². The minimum Gasteiger partial charge on any atom is -0.493 e. The largest absolute Gasteiger partial charge is 0.493 e. The number of hydrogen-bond donors (Lipinski definition) is 0. The molecular formula is C24H29F3N2O. The summed E-state index contributed by atoms with van der Waals surface area (Å²) in [6.07, 6.45) is 1.43. The maximum atomic E-state index is 12.9. The summed E-state index contributed by atoms with van der Waals surface area (Å²) in [5, 5.41) is 0. The normalized spacial score (nSPS) is 17.6. The van der Waals surface area contributed by atoms with E-state index in [1.807, 2.05) is 4.90 Å². The molecule has 1 aliphatic carbocycles. The molecule has 0 bridgehead atoms. The Kier molecular flexibility index (Phi) is 6.52. The predicted molar refractivity (Wildman–Crippen MR) is 113 cm³/mol. The topological polar surface area (TPSA) is 15.7 Å². The van der Waals surface area contributed by atoms with Crippen molar-refractivity contribution in [3.63, 3.8) is 0 Å². The molecule has 6 heteroatoms. The Hall–Kier alpha value is -2.21. The van der Waals surface area contributed by atoms with E-state index >= 15 is 0 Å². The van der Waals surface area contributed by atoms with E-state index < -0.39 is 11.7 Å². The molecule has 0 saturated carbocycles. The number of aryl methyl sites for hydroxylation is 1. The Balaban J connectivity index is 1.22. The van der Waals surface area contributed by atoms with Crippen LogP contribution in [0.1, 0.15) is 36.0 Å². The van der Waals surface area contributed by atoms with Gasteiger partial charge in [-0.05, 0) is 67.5 Å². The minimum absolute atomic E-state index is 0.581. The molecule has 4 rings (SSSR count). The highest BCUT2D eigenvalue weighted by Crippen LogP contribution is 2.32. The molecule has 162 valence electrons. The highest BCUT2D eigenvalue weighted by atomic mass is 19.4. The third-order valence-corrected chi connectivity index (χ3v) is 6.14. The Bertz CT molecular complexity index is 845. The van der Waals surface area contributed by atoms with Crippen molar-refractivity contribution >= 4 is 5.69 Å². The van der Waals surface area contributed by atoms with Gasteiger partial charge in [-0.15, -0.1) is 0 Å². The van der Waals surface area contributed by atoms with Crippen molar-refractivity contribution in [1.29, 1.82) is 0 Å². The average molecular weight is 419 g/mol. The van der Waals surface area contributed by atoms with Gasteiger partial charge in [0, 0.05) is 38.4 Å².